The Morgan fingerprint density at radius 3 is 2.83 bits per heavy atom. The van der Waals surface area contributed by atoms with Crippen LogP contribution in [0.15, 0.2) is 35.0 Å². The molecule has 0 unspecified atom stereocenters. The summed E-state index contributed by atoms with van der Waals surface area (Å²) in [5, 5.41) is 6.32. The quantitative estimate of drug-likeness (QED) is 0.943. The zero-order valence-electron chi connectivity index (χ0n) is 12.6. The number of carbonyl (C=O) groups is 2. The van der Waals surface area contributed by atoms with Crippen LogP contribution < -0.4 is 5.32 Å². The fourth-order valence-electron chi connectivity index (χ4n) is 2.94. The molecule has 1 N–H and O–H groups in total. The summed E-state index contributed by atoms with van der Waals surface area (Å²) in [5.41, 5.74) is 3.04. The van der Waals surface area contributed by atoms with E-state index in [1.807, 2.05) is 23.1 Å². The second-order valence-corrected chi connectivity index (χ2v) is 6.10. The van der Waals surface area contributed by atoms with Gasteiger partial charge in [0.25, 0.3) is 5.91 Å². The summed E-state index contributed by atoms with van der Waals surface area (Å²) in [7, 11) is 0. The topological polar surface area (TPSA) is 75.4 Å². The predicted octanol–water partition coefficient (Wildman–Crippen LogP) is 2.22. The summed E-state index contributed by atoms with van der Waals surface area (Å²) < 4.78 is 4.85. The standard InChI is InChI=1S/C17H17N3O3/c21-16(15-5-7-18-23-15)19-14-4-3-11-6-8-20(10-13(11)9-14)17(22)12-1-2-12/h3-5,7,9,12H,1-2,6,8,10H2,(H,19,21). The molecule has 1 aromatic carbocycles. The highest BCUT2D eigenvalue weighted by Crippen LogP contribution is 2.33. The molecule has 2 amide bonds. The van der Waals surface area contributed by atoms with Gasteiger partial charge in [0, 0.05) is 30.8 Å². The molecule has 0 saturated heterocycles. The number of anilines is 1. The van der Waals surface area contributed by atoms with Crippen molar-refractivity contribution in [3.8, 4) is 0 Å². The number of nitrogens with zero attached hydrogens (tertiary/aromatic N) is 2. The van der Waals surface area contributed by atoms with Crippen LogP contribution in [0.4, 0.5) is 5.69 Å². The zero-order chi connectivity index (χ0) is 15.8. The molecule has 4 rings (SSSR count). The number of hydrogen-bond donors (Lipinski definition) is 1. The Morgan fingerprint density at radius 1 is 1.22 bits per heavy atom. The first-order chi connectivity index (χ1) is 11.2. The van der Waals surface area contributed by atoms with Crippen molar-refractivity contribution in [2.75, 3.05) is 11.9 Å². The summed E-state index contributed by atoms with van der Waals surface area (Å²) in [6, 6.07) is 7.36. The molecule has 1 aliphatic carbocycles. The van der Waals surface area contributed by atoms with Gasteiger partial charge < -0.3 is 14.7 Å². The van der Waals surface area contributed by atoms with E-state index in [2.05, 4.69) is 10.5 Å². The van der Waals surface area contributed by atoms with Crippen molar-refractivity contribution in [1.82, 2.24) is 10.1 Å². The van der Waals surface area contributed by atoms with Crippen LogP contribution in [-0.4, -0.2) is 28.4 Å². The van der Waals surface area contributed by atoms with Crippen LogP contribution in [-0.2, 0) is 17.8 Å². The van der Waals surface area contributed by atoms with Gasteiger partial charge in [-0.3, -0.25) is 9.59 Å². The van der Waals surface area contributed by atoms with E-state index >= 15 is 0 Å². The van der Waals surface area contributed by atoms with Gasteiger partial charge in [-0.2, -0.15) is 0 Å². The van der Waals surface area contributed by atoms with E-state index < -0.39 is 0 Å². The highest BCUT2D eigenvalue weighted by atomic mass is 16.5. The third-order valence-electron chi connectivity index (χ3n) is 4.38. The number of benzene rings is 1. The number of aromatic nitrogens is 1. The number of nitrogens with one attached hydrogen (secondary N) is 1. The maximum atomic E-state index is 12.2. The molecule has 6 nitrogen and oxygen atoms in total. The largest absolute Gasteiger partial charge is 0.351 e. The Kier molecular flexibility index (Phi) is 3.37. The monoisotopic (exact) mass is 311 g/mol. The molecule has 0 atom stereocenters. The molecule has 118 valence electrons. The Morgan fingerprint density at radius 2 is 2.09 bits per heavy atom. The van der Waals surface area contributed by atoms with Gasteiger partial charge in [0.15, 0.2) is 0 Å². The lowest BCUT2D eigenvalue weighted by Gasteiger charge is -2.29. The first-order valence-electron chi connectivity index (χ1n) is 7.83. The summed E-state index contributed by atoms with van der Waals surface area (Å²) in [6.07, 6.45) is 4.35. The lowest BCUT2D eigenvalue weighted by Crippen LogP contribution is -2.36. The second kappa shape index (κ2) is 5.53. The maximum absolute atomic E-state index is 12.2. The summed E-state index contributed by atoms with van der Waals surface area (Å²) in [6.45, 7) is 1.41. The van der Waals surface area contributed by atoms with Crippen molar-refractivity contribution < 1.29 is 14.1 Å². The minimum Gasteiger partial charge on any atom is -0.351 e. The third kappa shape index (κ3) is 2.84. The van der Waals surface area contributed by atoms with E-state index in [4.69, 9.17) is 4.52 Å². The summed E-state index contributed by atoms with van der Waals surface area (Å²) in [5.74, 6) is 0.357. The van der Waals surface area contributed by atoms with Crippen molar-refractivity contribution in [2.45, 2.75) is 25.8 Å². The predicted molar refractivity (Wildman–Crippen MR) is 82.7 cm³/mol. The van der Waals surface area contributed by atoms with Gasteiger partial charge in [0.1, 0.15) is 0 Å². The Hall–Kier alpha value is -2.63. The fourth-order valence-corrected chi connectivity index (χ4v) is 2.94. The highest BCUT2D eigenvalue weighted by Gasteiger charge is 2.34. The molecule has 0 radical (unpaired) electrons. The number of amides is 2. The Bertz CT molecular complexity index is 750. The molecule has 0 bridgehead atoms. The maximum Gasteiger partial charge on any atom is 0.294 e. The first kappa shape index (κ1) is 14.0. The van der Waals surface area contributed by atoms with Crippen LogP contribution in [0.2, 0.25) is 0 Å². The van der Waals surface area contributed by atoms with E-state index in [0.717, 1.165) is 31.4 Å². The lowest BCUT2D eigenvalue weighted by molar-refractivity contribution is -0.133. The molecule has 2 aliphatic rings. The Balaban J connectivity index is 1.50. The van der Waals surface area contributed by atoms with Crippen molar-refractivity contribution in [3.05, 3.63) is 47.3 Å². The average molecular weight is 311 g/mol. The van der Waals surface area contributed by atoms with Crippen LogP contribution in [0.25, 0.3) is 0 Å². The van der Waals surface area contributed by atoms with Crippen molar-refractivity contribution in [2.24, 2.45) is 5.92 Å². The molecule has 2 heterocycles. The summed E-state index contributed by atoms with van der Waals surface area (Å²) >= 11 is 0. The molecule has 23 heavy (non-hydrogen) atoms. The zero-order valence-corrected chi connectivity index (χ0v) is 12.6. The Labute approximate surface area is 133 Å². The van der Waals surface area contributed by atoms with Crippen LogP contribution in [0.5, 0.6) is 0 Å². The lowest BCUT2D eigenvalue weighted by atomic mass is 9.98. The van der Waals surface area contributed by atoms with Gasteiger partial charge in [-0.1, -0.05) is 11.2 Å². The first-order valence-corrected chi connectivity index (χ1v) is 7.83. The average Bonchev–Trinajstić information content (AvgIpc) is 3.27. The van der Waals surface area contributed by atoms with Gasteiger partial charge in [-0.15, -0.1) is 0 Å². The molecule has 2 aromatic rings. The van der Waals surface area contributed by atoms with E-state index in [1.165, 1.54) is 17.8 Å². The molecule has 6 heteroatoms. The number of hydrogen-bond acceptors (Lipinski definition) is 4. The molecular weight excluding hydrogens is 294 g/mol. The van der Waals surface area contributed by atoms with Gasteiger partial charge in [-0.05, 0) is 42.5 Å². The van der Waals surface area contributed by atoms with Crippen molar-refractivity contribution >= 4 is 17.5 Å². The molecule has 1 aromatic heterocycles. The molecule has 1 fully saturated rings. The van der Waals surface area contributed by atoms with Gasteiger partial charge in [-0.25, -0.2) is 0 Å². The number of fused-ring (bicyclic) bond motifs is 1. The fraction of sp³-hybridized carbons (Fsp3) is 0.353. The molecule has 1 saturated carbocycles. The minimum atomic E-state index is -0.329. The van der Waals surface area contributed by atoms with E-state index in [-0.39, 0.29) is 23.5 Å². The van der Waals surface area contributed by atoms with Crippen LogP contribution >= 0.6 is 0 Å². The number of carbonyl (C=O) groups excluding carboxylic acids is 2. The van der Waals surface area contributed by atoms with Crippen molar-refractivity contribution in [3.63, 3.8) is 0 Å². The minimum absolute atomic E-state index is 0.174. The van der Waals surface area contributed by atoms with E-state index in [9.17, 15) is 9.59 Å². The van der Waals surface area contributed by atoms with Crippen molar-refractivity contribution in [1.29, 1.82) is 0 Å². The molecule has 0 spiro atoms. The van der Waals surface area contributed by atoms with Crippen LogP contribution in [0, 0.1) is 5.92 Å². The molecular formula is C17H17N3O3. The normalized spacial score (nSPS) is 16.8. The van der Waals surface area contributed by atoms with Gasteiger partial charge >= 0.3 is 0 Å². The van der Waals surface area contributed by atoms with Crippen LogP contribution in [0.1, 0.15) is 34.5 Å². The second-order valence-electron chi connectivity index (χ2n) is 6.10. The summed E-state index contributed by atoms with van der Waals surface area (Å²) in [4.78, 5) is 26.2. The van der Waals surface area contributed by atoms with Crippen LogP contribution in [0.3, 0.4) is 0 Å². The molecule has 1 aliphatic heterocycles. The van der Waals surface area contributed by atoms with E-state index in [0.29, 0.717) is 12.2 Å². The van der Waals surface area contributed by atoms with Gasteiger partial charge in [0.05, 0.1) is 6.20 Å². The highest BCUT2D eigenvalue weighted by molar-refractivity contribution is 6.02. The van der Waals surface area contributed by atoms with Gasteiger partial charge in [0.2, 0.25) is 11.7 Å². The smallest absolute Gasteiger partial charge is 0.294 e. The number of rotatable bonds is 3. The van der Waals surface area contributed by atoms with E-state index in [1.54, 1.807) is 0 Å². The SMILES string of the molecule is O=C(Nc1ccc2c(c1)CN(C(=O)C1CC1)CC2)c1ccno1. The third-order valence-corrected chi connectivity index (χ3v) is 4.38.